The molecule has 1 aliphatic rings. The van der Waals surface area contributed by atoms with Crippen LogP contribution in [0.2, 0.25) is 0 Å². The summed E-state index contributed by atoms with van der Waals surface area (Å²) in [6.07, 6.45) is 8.21. The van der Waals surface area contributed by atoms with Gasteiger partial charge in [-0.15, -0.1) is 0 Å². The summed E-state index contributed by atoms with van der Waals surface area (Å²) < 4.78 is 5.98. The van der Waals surface area contributed by atoms with E-state index in [1.54, 1.807) is 6.20 Å². The van der Waals surface area contributed by atoms with Crippen molar-refractivity contribution >= 4 is 17.2 Å². The molecule has 18 heavy (non-hydrogen) atoms. The maximum absolute atomic E-state index is 5.98. The summed E-state index contributed by atoms with van der Waals surface area (Å²) in [5, 5.41) is 0. The fourth-order valence-electron chi connectivity index (χ4n) is 2.51. The largest absolute Gasteiger partial charge is 0.489 e. The topological polar surface area (TPSA) is 48.1 Å². The van der Waals surface area contributed by atoms with Crippen molar-refractivity contribution in [3.8, 4) is 5.75 Å². The average Bonchev–Trinajstić information content (AvgIpc) is 2.39. The number of thiocarbonyl (C=S) groups is 1. The molecule has 2 atom stereocenters. The molecule has 98 valence electrons. The third kappa shape index (κ3) is 3.42. The van der Waals surface area contributed by atoms with E-state index < -0.39 is 0 Å². The normalized spacial score (nSPS) is 23.6. The van der Waals surface area contributed by atoms with E-state index in [2.05, 4.69) is 11.9 Å². The van der Waals surface area contributed by atoms with E-state index in [1.165, 1.54) is 19.3 Å². The van der Waals surface area contributed by atoms with E-state index in [0.29, 0.717) is 16.8 Å². The molecule has 0 bridgehead atoms. The van der Waals surface area contributed by atoms with Crippen LogP contribution in [0, 0.1) is 5.92 Å². The van der Waals surface area contributed by atoms with Crippen molar-refractivity contribution in [1.82, 2.24) is 4.98 Å². The van der Waals surface area contributed by atoms with E-state index in [-0.39, 0.29) is 0 Å². The van der Waals surface area contributed by atoms with Crippen molar-refractivity contribution in [3.63, 3.8) is 0 Å². The quantitative estimate of drug-likeness (QED) is 0.849. The second-order valence-electron chi connectivity index (χ2n) is 4.92. The first kappa shape index (κ1) is 13.3. The lowest BCUT2D eigenvalue weighted by molar-refractivity contribution is 0.121. The van der Waals surface area contributed by atoms with Crippen molar-refractivity contribution < 1.29 is 4.74 Å². The van der Waals surface area contributed by atoms with Gasteiger partial charge in [0.2, 0.25) is 0 Å². The molecule has 1 aliphatic carbocycles. The monoisotopic (exact) mass is 264 g/mol. The summed E-state index contributed by atoms with van der Waals surface area (Å²) in [5.41, 5.74) is 6.16. The number of nitrogens with zero attached hydrogens (tertiary/aromatic N) is 1. The predicted octanol–water partition coefficient (Wildman–Crippen LogP) is 3.06. The van der Waals surface area contributed by atoms with Crippen LogP contribution in [0.25, 0.3) is 0 Å². The molecule has 2 N–H and O–H groups in total. The number of nitrogens with two attached hydrogens (primary N) is 1. The molecule has 0 radical (unpaired) electrons. The van der Waals surface area contributed by atoms with E-state index in [9.17, 15) is 0 Å². The molecule has 1 aromatic rings. The van der Waals surface area contributed by atoms with E-state index in [4.69, 9.17) is 22.7 Å². The molecule has 0 amide bonds. The van der Waals surface area contributed by atoms with Gasteiger partial charge in [-0.3, -0.25) is 0 Å². The third-order valence-electron chi connectivity index (χ3n) is 3.60. The van der Waals surface area contributed by atoms with Crippen molar-refractivity contribution in [2.45, 2.75) is 45.1 Å². The number of hydrogen-bond acceptors (Lipinski definition) is 3. The van der Waals surface area contributed by atoms with Crippen LogP contribution in [-0.4, -0.2) is 16.1 Å². The van der Waals surface area contributed by atoms with Gasteiger partial charge in [0.1, 0.15) is 10.7 Å². The Labute approximate surface area is 114 Å². The summed E-state index contributed by atoms with van der Waals surface area (Å²) in [6, 6.07) is 3.72. The van der Waals surface area contributed by atoms with Gasteiger partial charge in [-0.1, -0.05) is 32.0 Å². The van der Waals surface area contributed by atoms with Gasteiger partial charge in [-0.2, -0.15) is 0 Å². The van der Waals surface area contributed by atoms with E-state index in [0.717, 1.165) is 24.5 Å². The lowest BCUT2D eigenvalue weighted by atomic mass is 9.85. The number of pyridine rings is 1. The fraction of sp³-hybridized carbons (Fsp3) is 0.571. The zero-order chi connectivity index (χ0) is 13.0. The van der Waals surface area contributed by atoms with Gasteiger partial charge in [-0.25, -0.2) is 4.98 Å². The van der Waals surface area contributed by atoms with Gasteiger partial charge >= 0.3 is 0 Å². The smallest absolute Gasteiger partial charge is 0.138 e. The molecule has 2 unspecified atom stereocenters. The first-order valence-electron chi connectivity index (χ1n) is 6.61. The minimum absolute atomic E-state index is 0.324. The highest BCUT2D eigenvalue weighted by Gasteiger charge is 2.22. The second-order valence-corrected chi connectivity index (χ2v) is 5.36. The van der Waals surface area contributed by atoms with Gasteiger partial charge < -0.3 is 10.5 Å². The van der Waals surface area contributed by atoms with Gasteiger partial charge in [0.05, 0.1) is 18.0 Å². The Balaban J connectivity index is 1.94. The lowest BCUT2D eigenvalue weighted by Gasteiger charge is -2.28. The van der Waals surface area contributed by atoms with Crippen LogP contribution in [-0.2, 0) is 0 Å². The molecule has 1 heterocycles. The minimum Gasteiger partial charge on any atom is -0.489 e. The standard InChI is InChI=1S/C14H20N2OS/c1-2-10-4-3-5-11(8-10)17-12-6-7-13(14(15)18)16-9-12/h6-7,9-11H,2-5,8H2,1H3,(H2,15,18). The number of ether oxygens (including phenoxy) is 1. The molecule has 0 saturated heterocycles. The maximum atomic E-state index is 5.98. The SMILES string of the molecule is CCC1CCCC(Oc2ccc(C(N)=S)nc2)C1. The zero-order valence-corrected chi connectivity index (χ0v) is 11.6. The molecule has 4 heteroatoms. The maximum Gasteiger partial charge on any atom is 0.138 e. The minimum atomic E-state index is 0.324. The molecular weight excluding hydrogens is 244 g/mol. The Hall–Kier alpha value is -1.16. The highest BCUT2D eigenvalue weighted by Crippen LogP contribution is 2.29. The van der Waals surface area contributed by atoms with Crippen molar-refractivity contribution in [1.29, 1.82) is 0 Å². The van der Waals surface area contributed by atoms with Crippen LogP contribution >= 0.6 is 12.2 Å². The molecule has 1 saturated carbocycles. The molecule has 2 rings (SSSR count). The second kappa shape index (κ2) is 6.14. The van der Waals surface area contributed by atoms with E-state index >= 15 is 0 Å². The molecule has 3 nitrogen and oxygen atoms in total. The summed E-state index contributed by atoms with van der Waals surface area (Å²) in [4.78, 5) is 4.52. The van der Waals surface area contributed by atoms with Crippen LogP contribution in [0.4, 0.5) is 0 Å². The van der Waals surface area contributed by atoms with Crippen LogP contribution in [0.1, 0.15) is 44.7 Å². The lowest BCUT2D eigenvalue weighted by Crippen LogP contribution is -2.25. The Morgan fingerprint density at radius 1 is 1.50 bits per heavy atom. The Morgan fingerprint density at radius 3 is 2.94 bits per heavy atom. The summed E-state index contributed by atoms with van der Waals surface area (Å²) in [7, 11) is 0. The van der Waals surface area contributed by atoms with Gasteiger partial charge in [0.15, 0.2) is 0 Å². The first-order valence-corrected chi connectivity index (χ1v) is 7.02. The molecule has 0 aromatic carbocycles. The highest BCUT2D eigenvalue weighted by molar-refractivity contribution is 7.80. The van der Waals surface area contributed by atoms with Gasteiger partial charge in [0.25, 0.3) is 0 Å². The van der Waals surface area contributed by atoms with Gasteiger partial charge in [0, 0.05) is 0 Å². The molecule has 0 aliphatic heterocycles. The summed E-state index contributed by atoms with van der Waals surface area (Å²) in [5.74, 6) is 1.63. The zero-order valence-electron chi connectivity index (χ0n) is 10.8. The van der Waals surface area contributed by atoms with Gasteiger partial charge in [-0.05, 0) is 37.3 Å². The van der Waals surface area contributed by atoms with Crippen molar-refractivity contribution in [2.75, 3.05) is 0 Å². The van der Waals surface area contributed by atoms with E-state index in [1.807, 2.05) is 12.1 Å². The Morgan fingerprint density at radius 2 is 2.33 bits per heavy atom. The van der Waals surface area contributed by atoms with Crippen molar-refractivity contribution in [3.05, 3.63) is 24.0 Å². The number of aromatic nitrogens is 1. The van der Waals surface area contributed by atoms with Crippen LogP contribution in [0.15, 0.2) is 18.3 Å². The third-order valence-corrected chi connectivity index (χ3v) is 3.81. The number of hydrogen-bond donors (Lipinski definition) is 1. The molecule has 0 spiro atoms. The number of rotatable bonds is 4. The van der Waals surface area contributed by atoms with Crippen LogP contribution in [0.3, 0.4) is 0 Å². The Bertz CT molecular complexity index is 405. The van der Waals surface area contributed by atoms with Crippen LogP contribution in [0.5, 0.6) is 5.75 Å². The van der Waals surface area contributed by atoms with Crippen LogP contribution < -0.4 is 10.5 Å². The fourth-order valence-corrected chi connectivity index (χ4v) is 2.63. The molecular formula is C14H20N2OS. The molecule has 1 fully saturated rings. The first-order chi connectivity index (χ1) is 8.69. The Kier molecular flexibility index (Phi) is 4.53. The highest BCUT2D eigenvalue weighted by atomic mass is 32.1. The molecule has 1 aromatic heterocycles. The van der Waals surface area contributed by atoms with Crippen molar-refractivity contribution in [2.24, 2.45) is 11.7 Å². The average molecular weight is 264 g/mol. The summed E-state index contributed by atoms with van der Waals surface area (Å²) in [6.45, 7) is 2.26. The summed E-state index contributed by atoms with van der Waals surface area (Å²) >= 11 is 4.87. The predicted molar refractivity (Wildman–Crippen MR) is 76.8 cm³/mol.